The van der Waals surface area contributed by atoms with Crippen LogP contribution in [-0.2, 0) is 18.3 Å². The number of ether oxygens (including phenoxy) is 2. The van der Waals surface area contributed by atoms with Crippen LogP contribution in [0.4, 0.5) is 0 Å². The number of hydrogen-bond donors (Lipinski definition) is 0. The molecule has 0 amide bonds. The number of aryl methyl sites for hydroxylation is 3. The van der Waals surface area contributed by atoms with Gasteiger partial charge >= 0.3 is 7.60 Å². The van der Waals surface area contributed by atoms with E-state index in [1.807, 2.05) is 54.2 Å². The Kier molecular flexibility index (Phi) is 9.46. The second kappa shape index (κ2) is 13.1. The van der Waals surface area contributed by atoms with Crippen LogP contribution in [0.3, 0.4) is 0 Å². The van der Waals surface area contributed by atoms with E-state index in [0.717, 1.165) is 22.5 Å². The van der Waals surface area contributed by atoms with Gasteiger partial charge in [0.25, 0.3) is 5.56 Å². The topological polar surface area (TPSA) is 120 Å². The highest BCUT2D eigenvalue weighted by atomic mass is 31.2. The lowest BCUT2D eigenvalue weighted by Crippen LogP contribution is -2.32. The van der Waals surface area contributed by atoms with E-state index in [-0.39, 0.29) is 37.3 Å². The Morgan fingerprint density at radius 3 is 2.21 bits per heavy atom. The molecule has 4 aromatic heterocycles. The third-order valence-electron chi connectivity index (χ3n) is 7.93. The van der Waals surface area contributed by atoms with Crippen LogP contribution in [0.15, 0.2) is 41.3 Å². The number of methoxy groups -OCH3 is 1. The Balaban J connectivity index is 1.54. The predicted molar refractivity (Wildman–Crippen MR) is 165 cm³/mol. The van der Waals surface area contributed by atoms with Gasteiger partial charge in [0, 0.05) is 46.2 Å². The molecule has 0 radical (unpaired) electrons. The molecular formula is C31H40N5O6P. The van der Waals surface area contributed by atoms with Crippen molar-refractivity contribution >= 4 is 18.6 Å². The fourth-order valence-corrected chi connectivity index (χ4v) is 7.20. The number of fused-ring (bicyclic) bond motifs is 1. The largest absolute Gasteiger partial charge is 0.481 e. The van der Waals surface area contributed by atoms with Gasteiger partial charge in [-0.2, -0.15) is 4.98 Å². The fraction of sp³-hybridized carbons (Fsp3) is 0.484. The summed E-state index contributed by atoms with van der Waals surface area (Å²) in [6.07, 6.45) is 4.23. The summed E-state index contributed by atoms with van der Waals surface area (Å²) in [5.41, 5.74) is 4.51. The molecule has 0 atom stereocenters. The van der Waals surface area contributed by atoms with E-state index in [9.17, 15) is 9.36 Å². The molecule has 0 N–H and O–H groups in total. The van der Waals surface area contributed by atoms with Gasteiger partial charge in [0.2, 0.25) is 11.8 Å². The number of pyridine rings is 2. The number of nitrogens with zero attached hydrogens (tertiary/aromatic N) is 5. The van der Waals surface area contributed by atoms with Crippen molar-refractivity contribution in [1.82, 2.24) is 24.1 Å². The molecule has 0 aromatic carbocycles. The minimum absolute atomic E-state index is 0.0851. The Morgan fingerprint density at radius 2 is 1.63 bits per heavy atom. The first-order valence-corrected chi connectivity index (χ1v) is 16.5. The SMILES string of the molecule is CCOP(=O)(COC1CCC(n2c(=O)c(-c3ccc(OC)nc3)cc3c(C)nc(-n4c(C)ccc4C)nc32)CC1)OCC. The highest BCUT2D eigenvalue weighted by molar-refractivity contribution is 7.53. The molecule has 4 aromatic rings. The molecule has 5 rings (SSSR count). The van der Waals surface area contributed by atoms with Crippen molar-refractivity contribution in [2.45, 2.75) is 72.4 Å². The molecule has 1 saturated carbocycles. The van der Waals surface area contributed by atoms with Crippen molar-refractivity contribution in [3.8, 4) is 23.0 Å². The van der Waals surface area contributed by atoms with E-state index in [0.29, 0.717) is 54.3 Å². The lowest BCUT2D eigenvalue weighted by molar-refractivity contribution is 0.0324. The van der Waals surface area contributed by atoms with E-state index >= 15 is 0 Å². The van der Waals surface area contributed by atoms with Crippen molar-refractivity contribution in [2.24, 2.45) is 0 Å². The van der Waals surface area contributed by atoms with Gasteiger partial charge in [0.1, 0.15) is 12.0 Å². The predicted octanol–water partition coefficient (Wildman–Crippen LogP) is 6.30. The molecule has 0 saturated heterocycles. The summed E-state index contributed by atoms with van der Waals surface area (Å²) in [6, 6.07) is 9.42. The van der Waals surface area contributed by atoms with E-state index in [1.165, 1.54) is 0 Å². The summed E-state index contributed by atoms with van der Waals surface area (Å²) in [6.45, 7) is 10.1. The van der Waals surface area contributed by atoms with Gasteiger partial charge < -0.3 is 18.5 Å². The maximum absolute atomic E-state index is 14.3. The van der Waals surface area contributed by atoms with E-state index < -0.39 is 7.60 Å². The molecule has 1 aliphatic rings. The Labute approximate surface area is 251 Å². The molecule has 12 heteroatoms. The van der Waals surface area contributed by atoms with Crippen LogP contribution >= 0.6 is 7.60 Å². The van der Waals surface area contributed by atoms with Crippen molar-refractivity contribution in [3.63, 3.8) is 0 Å². The third kappa shape index (κ3) is 6.45. The molecule has 0 unspecified atom stereocenters. The van der Waals surface area contributed by atoms with Gasteiger partial charge in [-0.3, -0.25) is 18.5 Å². The maximum atomic E-state index is 14.3. The van der Waals surface area contributed by atoms with Gasteiger partial charge in [-0.15, -0.1) is 0 Å². The van der Waals surface area contributed by atoms with E-state index in [1.54, 1.807) is 33.2 Å². The fourth-order valence-electron chi connectivity index (χ4n) is 5.80. The number of rotatable bonds is 11. The molecule has 0 aliphatic heterocycles. The molecule has 11 nitrogen and oxygen atoms in total. The Bertz CT molecular complexity index is 1660. The Hall–Kier alpha value is -3.37. The van der Waals surface area contributed by atoms with Gasteiger partial charge in [-0.05, 0) is 84.6 Å². The van der Waals surface area contributed by atoms with E-state index in [2.05, 4.69) is 4.98 Å². The first kappa shape index (κ1) is 31.1. The van der Waals surface area contributed by atoms with Crippen LogP contribution in [0.1, 0.15) is 62.7 Å². The molecule has 230 valence electrons. The zero-order chi connectivity index (χ0) is 30.7. The van der Waals surface area contributed by atoms with Crippen molar-refractivity contribution in [1.29, 1.82) is 0 Å². The van der Waals surface area contributed by atoms with Gasteiger partial charge in [-0.25, -0.2) is 9.97 Å². The second-order valence-corrected chi connectivity index (χ2v) is 12.8. The summed E-state index contributed by atoms with van der Waals surface area (Å²) >= 11 is 0. The van der Waals surface area contributed by atoms with E-state index in [4.69, 9.17) is 28.5 Å². The van der Waals surface area contributed by atoms with Crippen molar-refractivity contribution in [2.75, 3.05) is 26.7 Å². The molecular weight excluding hydrogens is 569 g/mol. The lowest BCUT2D eigenvalue weighted by Gasteiger charge is -2.31. The number of hydrogen-bond acceptors (Lipinski definition) is 9. The maximum Gasteiger partial charge on any atom is 0.356 e. The average Bonchev–Trinajstić information content (AvgIpc) is 3.34. The van der Waals surface area contributed by atoms with Crippen LogP contribution in [0.2, 0.25) is 0 Å². The highest BCUT2D eigenvalue weighted by Crippen LogP contribution is 2.48. The first-order chi connectivity index (χ1) is 20.7. The lowest BCUT2D eigenvalue weighted by atomic mass is 9.92. The normalized spacial score (nSPS) is 17.4. The van der Waals surface area contributed by atoms with Crippen molar-refractivity contribution < 1.29 is 23.1 Å². The third-order valence-corrected chi connectivity index (χ3v) is 9.70. The molecule has 43 heavy (non-hydrogen) atoms. The second-order valence-electron chi connectivity index (χ2n) is 10.8. The average molecular weight is 610 g/mol. The molecule has 1 fully saturated rings. The van der Waals surface area contributed by atoms with Gasteiger partial charge in [-0.1, -0.05) is 0 Å². The van der Waals surface area contributed by atoms with Crippen LogP contribution in [-0.4, -0.2) is 56.9 Å². The van der Waals surface area contributed by atoms with Gasteiger partial charge in [0.05, 0.1) is 32.1 Å². The van der Waals surface area contributed by atoms with Crippen LogP contribution in [0, 0.1) is 20.8 Å². The monoisotopic (exact) mass is 609 g/mol. The van der Waals surface area contributed by atoms with Crippen LogP contribution in [0.25, 0.3) is 28.1 Å². The first-order valence-electron chi connectivity index (χ1n) is 14.8. The summed E-state index contributed by atoms with van der Waals surface area (Å²) in [5, 5.41) is 0.810. The van der Waals surface area contributed by atoms with Crippen LogP contribution in [0.5, 0.6) is 5.88 Å². The zero-order valence-corrected chi connectivity index (χ0v) is 26.6. The zero-order valence-electron chi connectivity index (χ0n) is 25.7. The molecule has 0 spiro atoms. The summed E-state index contributed by atoms with van der Waals surface area (Å²) in [5.74, 6) is 1.01. The smallest absolute Gasteiger partial charge is 0.356 e. The summed E-state index contributed by atoms with van der Waals surface area (Å²) in [4.78, 5) is 28.5. The quantitative estimate of drug-likeness (QED) is 0.180. The molecule has 4 heterocycles. The summed E-state index contributed by atoms with van der Waals surface area (Å²) < 4.78 is 38.8. The van der Waals surface area contributed by atoms with Crippen molar-refractivity contribution in [3.05, 3.63) is 64.0 Å². The standard InChI is InChI=1S/C31H40N5O6P/c1-7-41-43(38,42-8-2)19-40-25-14-12-24(13-15-25)36-29-26(17-27(30(36)37)23-11-16-28(39-6)32-18-23)22(5)33-31(34-29)35-20(3)9-10-21(35)4/h9-11,16-18,24-25H,7-8,12-15,19H2,1-6H3. The molecule has 0 bridgehead atoms. The summed E-state index contributed by atoms with van der Waals surface area (Å²) in [7, 11) is -1.74. The minimum Gasteiger partial charge on any atom is -0.481 e. The highest BCUT2D eigenvalue weighted by Gasteiger charge is 2.30. The number of aromatic nitrogens is 5. The van der Waals surface area contributed by atoms with Crippen LogP contribution < -0.4 is 10.3 Å². The molecule has 1 aliphatic carbocycles. The minimum atomic E-state index is -3.30. The Morgan fingerprint density at radius 1 is 0.953 bits per heavy atom. The van der Waals surface area contributed by atoms with Gasteiger partial charge in [0.15, 0.2) is 0 Å².